The number of piperazine rings is 1. The first-order valence-electron chi connectivity index (χ1n) is 9.72. The van der Waals surface area contributed by atoms with Crippen LogP contribution in [0.2, 0.25) is 0 Å². The van der Waals surface area contributed by atoms with E-state index in [9.17, 15) is 4.39 Å². The summed E-state index contributed by atoms with van der Waals surface area (Å²) < 4.78 is 14.1. The number of para-hydroxylation sites is 1. The van der Waals surface area contributed by atoms with Gasteiger partial charge in [0.05, 0.1) is 5.69 Å². The minimum Gasteiger partial charge on any atom is -0.393 e. The average Bonchev–Trinajstić information content (AvgIpc) is 2.73. The molecule has 1 aliphatic rings. The fraction of sp³-hybridized carbons (Fsp3) is 0.273. The van der Waals surface area contributed by atoms with Gasteiger partial charge in [0, 0.05) is 31.9 Å². The molecule has 2 aromatic carbocycles. The van der Waals surface area contributed by atoms with Crippen LogP contribution in [0.4, 0.5) is 33.1 Å². The molecule has 0 atom stereocenters. The van der Waals surface area contributed by atoms with Gasteiger partial charge in [0.1, 0.15) is 17.8 Å². The number of aryl methyl sites for hydroxylation is 1. The summed E-state index contributed by atoms with van der Waals surface area (Å²) in [5.74, 6) is 1.11. The summed E-state index contributed by atoms with van der Waals surface area (Å²) in [6.07, 6.45) is 1.53. The highest BCUT2D eigenvalue weighted by Gasteiger charge is 2.23. The largest absolute Gasteiger partial charge is 0.393 e. The summed E-state index contributed by atoms with van der Waals surface area (Å²) in [5, 5.41) is 3.34. The molecular weight excluding hydrogens is 367 g/mol. The minimum atomic E-state index is -0.192. The second-order valence-electron chi connectivity index (χ2n) is 7.26. The molecule has 0 amide bonds. The third kappa shape index (κ3) is 3.81. The number of anilines is 5. The van der Waals surface area contributed by atoms with Gasteiger partial charge in [-0.2, -0.15) is 0 Å². The van der Waals surface area contributed by atoms with E-state index >= 15 is 0 Å². The van der Waals surface area contributed by atoms with Crippen LogP contribution < -0.4 is 20.9 Å². The summed E-state index contributed by atoms with van der Waals surface area (Å²) in [5.41, 5.74) is 10.9. The van der Waals surface area contributed by atoms with Crippen LogP contribution in [-0.2, 0) is 0 Å². The molecule has 3 aromatic rings. The SMILES string of the molecule is Cc1cccc(Nc2ncnc(N3CCN(c4ccccc4F)CC3)c2N)c1C. The Morgan fingerprint density at radius 2 is 1.66 bits per heavy atom. The van der Waals surface area contributed by atoms with Gasteiger partial charge in [0.15, 0.2) is 11.6 Å². The second kappa shape index (κ2) is 7.95. The van der Waals surface area contributed by atoms with E-state index in [1.54, 1.807) is 6.07 Å². The minimum absolute atomic E-state index is 0.192. The Bertz CT molecular complexity index is 1010. The lowest BCUT2D eigenvalue weighted by Crippen LogP contribution is -2.47. The highest BCUT2D eigenvalue weighted by atomic mass is 19.1. The van der Waals surface area contributed by atoms with Crippen LogP contribution in [-0.4, -0.2) is 36.1 Å². The fourth-order valence-electron chi connectivity index (χ4n) is 3.62. The van der Waals surface area contributed by atoms with Crippen molar-refractivity contribution in [3.8, 4) is 0 Å². The van der Waals surface area contributed by atoms with Gasteiger partial charge in [-0.1, -0.05) is 24.3 Å². The number of nitrogens with zero attached hydrogens (tertiary/aromatic N) is 4. The number of halogens is 1. The van der Waals surface area contributed by atoms with Crippen molar-refractivity contribution < 1.29 is 4.39 Å². The molecule has 0 saturated carbocycles. The Morgan fingerprint density at radius 3 is 2.41 bits per heavy atom. The van der Waals surface area contributed by atoms with E-state index in [2.05, 4.69) is 45.0 Å². The average molecular weight is 392 g/mol. The molecule has 1 aliphatic heterocycles. The van der Waals surface area contributed by atoms with Gasteiger partial charge < -0.3 is 20.9 Å². The lowest BCUT2D eigenvalue weighted by Gasteiger charge is -2.37. The van der Waals surface area contributed by atoms with Gasteiger partial charge in [-0.25, -0.2) is 14.4 Å². The number of nitrogens with one attached hydrogen (secondary N) is 1. The van der Waals surface area contributed by atoms with Gasteiger partial charge >= 0.3 is 0 Å². The molecule has 29 heavy (non-hydrogen) atoms. The number of nitrogen functional groups attached to an aromatic ring is 1. The maximum absolute atomic E-state index is 14.1. The zero-order valence-corrected chi connectivity index (χ0v) is 16.7. The Labute approximate surface area is 170 Å². The molecule has 150 valence electrons. The number of aromatic nitrogens is 2. The van der Waals surface area contributed by atoms with E-state index in [4.69, 9.17) is 5.73 Å². The van der Waals surface area contributed by atoms with Crippen molar-refractivity contribution in [3.63, 3.8) is 0 Å². The Balaban J connectivity index is 1.51. The monoisotopic (exact) mass is 392 g/mol. The molecule has 0 spiro atoms. The molecule has 1 fully saturated rings. The van der Waals surface area contributed by atoms with E-state index in [0.717, 1.165) is 11.3 Å². The third-order valence-electron chi connectivity index (χ3n) is 5.49. The van der Waals surface area contributed by atoms with Crippen molar-refractivity contribution in [1.82, 2.24) is 9.97 Å². The van der Waals surface area contributed by atoms with Gasteiger partial charge in [0.25, 0.3) is 0 Å². The summed E-state index contributed by atoms with van der Waals surface area (Å²) in [4.78, 5) is 12.9. The lowest BCUT2D eigenvalue weighted by atomic mass is 10.1. The summed E-state index contributed by atoms with van der Waals surface area (Å²) >= 11 is 0. The van der Waals surface area contributed by atoms with Gasteiger partial charge in [0.2, 0.25) is 0 Å². The van der Waals surface area contributed by atoms with Crippen LogP contribution in [0.3, 0.4) is 0 Å². The van der Waals surface area contributed by atoms with Crippen LogP contribution in [0.15, 0.2) is 48.8 Å². The van der Waals surface area contributed by atoms with Gasteiger partial charge in [-0.3, -0.25) is 0 Å². The van der Waals surface area contributed by atoms with Crippen molar-refractivity contribution in [1.29, 1.82) is 0 Å². The number of rotatable bonds is 4. The van der Waals surface area contributed by atoms with E-state index in [-0.39, 0.29) is 5.82 Å². The predicted octanol–water partition coefficient (Wildman–Crippen LogP) is 3.88. The zero-order valence-electron chi connectivity index (χ0n) is 16.7. The maximum atomic E-state index is 14.1. The lowest BCUT2D eigenvalue weighted by molar-refractivity contribution is 0.596. The Kier molecular flexibility index (Phi) is 5.20. The maximum Gasteiger partial charge on any atom is 0.159 e. The third-order valence-corrected chi connectivity index (χ3v) is 5.49. The summed E-state index contributed by atoms with van der Waals surface area (Å²) in [6, 6.07) is 13.0. The molecule has 1 aromatic heterocycles. The number of nitrogens with two attached hydrogens (primary N) is 1. The quantitative estimate of drug-likeness (QED) is 0.702. The summed E-state index contributed by atoms with van der Waals surface area (Å²) in [7, 11) is 0. The van der Waals surface area contributed by atoms with Gasteiger partial charge in [-0.15, -0.1) is 0 Å². The van der Waals surface area contributed by atoms with Gasteiger partial charge in [-0.05, 0) is 43.2 Å². The van der Waals surface area contributed by atoms with E-state index in [0.29, 0.717) is 49.2 Å². The van der Waals surface area contributed by atoms with E-state index in [1.807, 2.05) is 24.3 Å². The van der Waals surface area contributed by atoms with E-state index in [1.165, 1.54) is 18.0 Å². The predicted molar refractivity (Wildman–Crippen MR) is 116 cm³/mol. The van der Waals surface area contributed by atoms with Crippen LogP contribution in [0.5, 0.6) is 0 Å². The Hall–Kier alpha value is -3.35. The first kappa shape index (κ1) is 19.0. The molecular formula is C22H25FN6. The zero-order chi connectivity index (χ0) is 20.4. The molecule has 7 heteroatoms. The van der Waals surface area contributed by atoms with Crippen molar-refractivity contribution in [2.24, 2.45) is 0 Å². The topological polar surface area (TPSA) is 70.3 Å². The molecule has 6 nitrogen and oxygen atoms in total. The van der Waals surface area contributed by atoms with Crippen molar-refractivity contribution >= 4 is 28.7 Å². The van der Waals surface area contributed by atoms with Crippen LogP contribution in [0, 0.1) is 19.7 Å². The van der Waals surface area contributed by atoms with Crippen LogP contribution >= 0.6 is 0 Å². The van der Waals surface area contributed by atoms with Crippen molar-refractivity contribution in [2.75, 3.05) is 47.0 Å². The molecule has 3 N–H and O–H groups in total. The molecule has 1 saturated heterocycles. The first-order chi connectivity index (χ1) is 14.0. The van der Waals surface area contributed by atoms with Crippen molar-refractivity contribution in [3.05, 3.63) is 65.7 Å². The molecule has 0 radical (unpaired) electrons. The molecule has 4 rings (SSSR count). The van der Waals surface area contributed by atoms with Crippen LogP contribution in [0.25, 0.3) is 0 Å². The standard InChI is InChI=1S/C22H25FN6/c1-15-6-5-8-18(16(15)2)27-21-20(24)22(26-14-25-21)29-12-10-28(11-13-29)19-9-4-3-7-17(19)23/h3-9,14H,10-13,24H2,1-2H3,(H,25,26,27). The summed E-state index contributed by atoms with van der Waals surface area (Å²) in [6.45, 7) is 6.95. The number of hydrogen-bond donors (Lipinski definition) is 2. The van der Waals surface area contributed by atoms with Crippen LogP contribution in [0.1, 0.15) is 11.1 Å². The van der Waals surface area contributed by atoms with E-state index < -0.39 is 0 Å². The normalized spacial score (nSPS) is 14.2. The first-order valence-corrected chi connectivity index (χ1v) is 9.72. The second-order valence-corrected chi connectivity index (χ2v) is 7.26. The van der Waals surface area contributed by atoms with Crippen molar-refractivity contribution in [2.45, 2.75) is 13.8 Å². The number of benzene rings is 2. The highest BCUT2D eigenvalue weighted by molar-refractivity contribution is 5.79. The fourth-order valence-corrected chi connectivity index (χ4v) is 3.62. The number of hydrogen-bond acceptors (Lipinski definition) is 6. The molecule has 0 bridgehead atoms. The Morgan fingerprint density at radius 1 is 0.931 bits per heavy atom. The highest BCUT2D eigenvalue weighted by Crippen LogP contribution is 2.31. The molecule has 0 unspecified atom stereocenters. The molecule has 0 aliphatic carbocycles. The molecule has 2 heterocycles. The smallest absolute Gasteiger partial charge is 0.159 e.